The lowest BCUT2D eigenvalue weighted by Crippen LogP contribution is -2.36. The Kier molecular flexibility index (Phi) is 6.03. The Labute approximate surface area is 137 Å². The van der Waals surface area contributed by atoms with Crippen molar-refractivity contribution < 1.29 is 14.3 Å². The molecule has 0 aliphatic carbocycles. The van der Waals surface area contributed by atoms with Gasteiger partial charge >= 0.3 is 0 Å². The Balaban J connectivity index is 1.89. The van der Waals surface area contributed by atoms with Gasteiger partial charge in [0, 0.05) is 6.54 Å². The van der Waals surface area contributed by atoms with Crippen LogP contribution in [0.4, 0.5) is 0 Å². The second-order valence-electron chi connectivity index (χ2n) is 5.32. The molecule has 4 nitrogen and oxygen atoms in total. The van der Waals surface area contributed by atoms with Gasteiger partial charge in [-0.2, -0.15) is 0 Å². The smallest absolute Gasteiger partial charge is 0.261 e. The molecule has 4 heteroatoms. The Morgan fingerprint density at radius 3 is 2.70 bits per heavy atom. The van der Waals surface area contributed by atoms with Crippen molar-refractivity contribution in [3.8, 4) is 11.5 Å². The average Bonchev–Trinajstić information content (AvgIpc) is 2.55. The summed E-state index contributed by atoms with van der Waals surface area (Å²) in [4.78, 5) is 12.2. The first kappa shape index (κ1) is 16.9. The maximum atomic E-state index is 12.2. The third-order valence-electron chi connectivity index (χ3n) is 3.44. The average molecular weight is 313 g/mol. The van der Waals surface area contributed by atoms with Gasteiger partial charge in [-0.1, -0.05) is 30.3 Å². The predicted octanol–water partition coefficient (Wildman–Crippen LogP) is 3.48. The Bertz CT molecular complexity index is 655. The number of hydrogen-bond donors (Lipinski definition) is 1. The Hall–Kier alpha value is -2.49. The molecule has 0 unspecified atom stereocenters. The summed E-state index contributed by atoms with van der Waals surface area (Å²) in [7, 11) is 0. The van der Waals surface area contributed by atoms with E-state index in [-0.39, 0.29) is 5.91 Å². The van der Waals surface area contributed by atoms with Crippen LogP contribution in [0.1, 0.15) is 25.0 Å². The van der Waals surface area contributed by atoms with Crippen molar-refractivity contribution in [2.45, 2.75) is 33.4 Å². The van der Waals surface area contributed by atoms with Gasteiger partial charge in [0.05, 0.1) is 6.61 Å². The van der Waals surface area contributed by atoms with Crippen molar-refractivity contribution in [1.29, 1.82) is 0 Å². The van der Waals surface area contributed by atoms with Crippen molar-refractivity contribution in [2.75, 3.05) is 6.61 Å². The second kappa shape index (κ2) is 8.22. The van der Waals surface area contributed by atoms with E-state index in [2.05, 4.69) is 5.32 Å². The van der Waals surface area contributed by atoms with Gasteiger partial charge in [-0.05, 0) is 50.1 Å². The van der Waals surface area contributed by atoms with Gasteiger partial charge in [0.25, 0.3) is 5.91 Å². The van der Waals surface area contributed by atoms with E-state index in [1.165, 1.54) is 0 Å². The molecular weight excluding hydrogens is 290 g/mol. The molecule has 0 radical (unpaired) electrons. The van der Waals surface area contributed by atoms with Crippen LogP contribution in [-0.4, -0.2) is 18.6 Å². The topological polar surface area (TPSA) is 47.6 Å². The zero-order valence-electron chi connectivity index (χ0n) is 13.8. The molecule has 0 heterocycles. The first-order chi connectivity index (χ1) is 11.1. The molecule has 0 spiro atoms. The van der Waals surface area contributed by atoms with Gasteiger partial charge in [-0.15, -0.1) is 0 Å². The third-order valence-corrected chi connectivity index (χ3v) is 3.44. The maximum Gasteiger partial charge on any atom is 0.261 e. The summed E-state index contributed by atoms with van der Waals surface area (Å²) < 4.78 is 11.2. The molecule has 2 rings (SSSR count). The van der Waals surface area contributed by atoms with E-state index in [0.717, 1.165) is 22.6 Å². The minimum atomic E-state index is -0.550. The van der Waals surface area contributed by atoms with Crippen LogP contribution in [0.2, 0.25) is 0 Å². The fraction of sp³-hybridized carbons (Fsp3) is 0.316. The van der Waals surface area contributed by atoms with E-state index < -0.39 is 6.10 Å². The molecule has 1 atom stereocenters. The van der Waals surface area contributed by atoms with E-state index in [1.54, 1.807) is 6.92 Å². The second-order valence-corrected chi connectivity index (χ2v) is 5.32. The van der Waals surface area contributed by atoms with Crippen molar-refractivity contribution in [3.63, 3.8) is 0 Å². The zero-order valence-corrected chi connectivity index (χ0v) is 13.8. The van der Waals surface area contributed by atoms with Crippen LogP contribution in [0.5, 0.6) is 11.5 Å². The van der Waals surface area contributed by atoms with E-state index in [0.29, 0.717) is 13.2 Å². The van der Waals surface area contributed by atoms with Crippen LogP contribution in [-0.2, 0) is 11.3 Å². The van der Waals surface area contributed by atoms with Gasteiger partial charge < -0.3 is 14.8 Å². The molecule has 23 heavy (non-hydrogen) atoms. The van der Waals surface area contributed by atoms with Gasteiger partial charge in [0.15, 0.2) is 6.10 Å². The number of benzene rings is 2. The van der Waals surface area contributed by atoms with Crippen LogP contribution in [0.3, 0.4) is 0 Å². The van der Waals surface area contributed by atoms with Crippen LogP contribution >= 0.6 is 0 Å². The molecule has 0 aliphatic rings. The highest BCUT2D eigenvalue weighted by Gasteiger charge is 2.15. The summed E-state index contributed by atoms with van der Waals surface area (Å²) in [6, 6.07) is 15.4. The number of nitrogens with one attached hydrogen (secondary N) is 1. The quantitative estimate of drug-likeness (QED) is 0.851. The highest BCUT2D eigenvalue weighted by atomic mass is 16.5. The van der Waals surface area contributed by atoms with E-state index in [1.807, 2.05) is 62.4 Å². The molecule has 0 saturated carbocycles. The molecule has 2 aromatic rings. The largest absolute Gasteiger partial charge is 0.494 e. The number of carbonyl (C=O) groups is 1. The number of ether oxygens (including phenoxy) is 2. The van der Waals surface area contributed by atoms with Gasteiger partial charge in [0.2, 0.25) is 0 Å². The standard InChI is InChI=1S/C19H23NO3/c1-4-22-17-10-7-9-16(12-17)13-20-19(21)15(3)23-18-11-6-5-8-14(18)2/h5-12,15H,4,13H2,1-3H3,(H,20,21)/t15-/m1/s1. The molecule has 0 fully saturated rings. The van der Waals surface area contributed by atoms with Crippen LogP contribution in [0.25, 0.3) is 0 Å². The van der Waals surface area contributed by atoms with Gasteiger partial charge in [0.1, 0.15) is 11.5 Å². The summed E-state index contributed by atoms with van der Waals surface area (Å²) >= 11 is 0. The fourth-order valence-electron chi connectivity index (χ4n) is 2.18. The first-order valence-electron chi connectivity index (χ1n) is 7.82. The zero-order chi connectivity index (χ0) is 16.7. The molecule has 1 N–H and O–H groups in total. The summed E-state index contributed by atoms with van der Waals surface area (Å²) in [5, 5.41) is 2.89. The van der Waals surface area contributed by atoms with Crippen molar-refractivity contribution in [3.05, 3.63) is 59.7 Å². The molecule has 1 amide bonds. The van der Waals surface area contributed by atoms with Gasteiger partial charge in [-0.25, -0.2) is 0 Å². The number of aryl methyl sites for hydroxylation is 1. The lowest BCUT2D eigenvalue weighted by atomic mass is 10.2. The molecule has 2 aromatic carbocycles. The molecule has 0 saturated heterocycles. The number of carbonyl (C=O) groups excluding carboxylic acids is 1. The molecule has 122 valence electrons. The fourth-order valence-corrected chi connectivity index (χ4v) is 2.18. The van der Waals surface area contributed by atoms with E-state index in [4.69, 9.17) is 9.47 Å². The third kappa shape index (κ3) is 5.02. The monoisotopic (exact) mass is 313 g/mol. The number of rotatable bonds is 7. The molecule has 0 aromatic heterocycles. The number of amides is 1. The first-order valence-corrected chi connectivity index (χ1v) is 7.82. The normalized spacial score (nSPS) is 11.6. The lowest BCUT2D eigenvalue weighted by molar-refractivity contribution is -0.127. The Morgan fingerprint density at radius 1 is 1.17 bits per heavy atom. The van der Waals surface area contributed by atoms with Gasteiger partial charge in [-0.3, -0.25) is 4.79 Å². The Morgan fingerprint density at radius 2 is 1.96 bits per heavy atom. The van der Waals surface area contributed by atoms with Crippen LogP contribution in [0.15, 0.2) is 48.5 Å². The summed E-state index contributed by atoms with van der Waals surface area (Å²) in [5.74, 6) is 1.40. The minimum absolute atomic E-state index is 0.143. The summed E-state index contributed by atoms with van der Waals surface area (Å²) in [5.41, 5.74) is 2.00. The molecule has 0 aliphatic heterocycles. The lowest BCUT2D eigenvalue weighted by Gasteiger charge is -2.16. The van der Waals surface area contributed by atoms with Crippen molar-refractivity contribution in [2.24, 2.45) is 0 Å². The van der Waals surface area contributed by atoms with Crippen LogP contribution < -0.4 is 14.8 Å². The van der Waals surface area contributed by atoms with E-state index >= 15 is 0 Å². The predicted molar refractivity (Wildman–Crippen MR) is 90.7 cm³/mol. The molecular formula is C19H23NO3. The SMILES string of the molecule is CCOc1cccc(CNC(=O)[C@@H](C)Oc2ccccc2C)c1. The highest BCUT2D eigenvalue weighted by molar-refractivity contribution is 5.80. The summed E-state index contributed by atoms with van der Waals surface area (Å²) in [6.07, 6.45) is -0.550. The number of para-hydroxylation sites is 1. The summed E-state index contributed by atoms with van der Waals surface area (Å²) in [6.45, 7) is 6.72. The maximum absolute atomic E-state index is 12.2. The minimum Gasteiger partial charge on any atom is -0.494 e. The number of hydrogen-bond acceptors (Lipinski definition) is 3. The van der Waals surface area contributed by atoms with E-state index in [9.17, 15) is 4.79 Å². The highest BCUT2D eigenvalue weighted by Crippen LogP contribution is 2.18. The van der Waals surface area contributed by atoms with Crippen molar-refractivity contribution in [1.82, 2.24) is 5.32 Å². The van der Waals surface area contributed by atoms with Crippen LogP contribution in [0, 0.1) is 6.92 Å². The van der Waals surface area contributed by atoms with Crippen molar-refractivity contribution >= 4 is 5.91 Å². The molecule has 0 bridgehead atoms.